The number of aryl methyl sites for hydroxylation is 2. The molecule has 0 bridgehead atoms. The molecular formula is C19H22N2O2. The molecule has 2 amide bonds. The summed E-state index contributed by atoms with van der Waals surface area (Å²) in [5.41, 5.74) is 3.65. The zero-order valence-corrected chi connectivity index (χ0v) is 13.8. The largest absolute Gasteiger partial charge is 0.350 e. The Hall–Kier alpha value is -2.62. The second-order valence-corrected chi connectivity index (χ2v) is 5.53. The van der Waals surface area contributed by atoms with Gasteiger partial charge in [0.15, 0.2) is 0 Å². The van der Waals surface area contributed by atoms with Crippen LogP contribution in [0.25, 0.3) is 0 Å². The lowest BCUT2D eigenvalue weighted by molar-refractivity contribution is -0.116. The first-order valence-corrected chi connectivity index (χ1v) is 7.68. The third kappa shape index (κ3) is 4.19. The van der Waals surface area contributed by atoms with Crippen LogP contribution in [0.5, 0.6) is 0 Å². The van der Waals surface area contributed by atoms with Gasteiger partial charge in [-0.05, 0) is 37.1 Å². The van der Waals surface area contributed by atoms with Crippen LogP contribution < -0.4 is 10.2 Å². The van der Waals surface area contributed by atoms with E-state index in [9.17, 15) is 9.59 Å². The maximum atomic E-state index is 12.1. The van der Waals surface area contributed by atoms with Crippen LogP contribution in [-0.4, -0.2) is 24.9 Å². The molecule has 2 aromatic carbocycles. The van der Waals surface area contributed by atoms with Crippen molar-refractivity contribution in [2.24, 2.45) is 0 Å². The molecule has 0 spiro atoms. The van der Waals surface area contributed by atoms with E-state index in [1.807, 2.05) is 50.2 Å². The Morgan fingerprint density at radius 1 is 0.957 bits per heavy atom. The second-order valence-electron chi connectivity index (χ2n) is 5.53. The van der Waals surface area contributed by atoms with Crippen LogP contribution in [0.1, 0.15) is 28.4 Å². The van der Waals surface area contributed by atoms with Gasteiger partial charge in [-0.1, -0.05) is 36.4 Å². The third-order valence-corrected chi connectivity index (χ3v) is 3.75. The van der Waals surface area contributed by atoms with Crippen LogP contribution >= 0.6 is 0 Å². The Labute approximate surface area is 137 Å². The van der Waals surface area contributed by atoms with Crippen molar-refractivity contribution in [2.45, 2.75) is 20.8 Å². The Morgan fingerprint density at radius 2 is 1.57 bits per heavy atom. The fraction of sp³-hybridized carbons (Fsp3) is 0.263. The van der Waals surface area contributed by atoms with Crippen molar-refractivity contribution in [3.8, 4) is 0 Å². The summed E-state index contributed by atoms with van der Waals surface area (Å²) in [4.78, 5) is 25.8. The van der Waals surface area contributed by atoms with E-state index in [1.165, 1.54) is 0 Å². The highest BCUT2D eigenvalue weighted by Gasteiger charge is 2.16. The Bertz CT molecular complexity index is 676. The number of anilines is 1. The molecule has 0 aliphatic carbocycles. The molecule has 0 saturated heterocycles. The first kappa shape index (κ1) is 16.7. The average molecular weight is 310 g/mol. The van der Waals surface area contributed by atoms with Crippen LogP contribution in [0.2, 0.25) is 0 Å². The molecule has 4 heteroatoms. The molecule has 120 valence electrons. The number of benzene rings is 2. The van der Waals surface area contributed by atoms with Crippen molar-refractivity contribution in [1.29, 1.82) is 0 Å². The van der Waals surface area contributed by atoms with E-state index < -0.39 is 0 Å². The van der Waals surface area contributed by atoms with E-state index in [4.69, 9.17) is 0 Å². The van der Waals surface area contributed by atoms with Gasteiger partial charge in [0.2, 0.25) is 5.91 Å². The fourth-order valence-corrected chi connectivity index (χ4v) is 2.63. The summed E-state index contributed by atoms with van der Waals surface area (Å²) in [5.74, 6) is -0.160. The van der Waals surface area contributed by atoms with E-state index in [2.05, 4.69) is 5.32 Å². The predicted molar refractivity (Wildman–Crippen MR) is 92.7 cm³/mol. The van der Waals surface area contributed by atoms with Crippen LogP contribution in [0.3, 0.4) is 0 Å². The first-order valence-electron chi connectivity index (χ1n) is 7.68. The van der Waals surface area contributed by atoms with Crippen molar-refractivity contribution in [3.05, 3.63) is 65.2 Å². The number of nitrogens with one attached hydrogen (secondary N) is 1. The lowest BCUT2D eigenvalue weighted by Gasteiger charge is -2.25. The van der Waals surface area contributed by atoms with Gasteiger partial charge in [-0.15, -0.1) is 0 Å². The molecule has 0 atom stereocenters. The third-order valence-electron chi connectivity index (χ3n) is 3.75. The second kappa shape index (κ2) is 7.58. The molecule has 4 nitrogen and oxygen atoms in total. The van der Waals surface area contributed by atoms with Crippen molar-refractivity contribution >= 4 is 17.5 Å². The normalized spacial score (nSPS) is 10.2. The molecule has 2 aromatic rings. The summed E-state index contributed by atoms with van der Waals surface area (Å²) >= 11 is 0. The van der Waals surface area contributed by atoms with Crippen LogP contribution in [0.4, 0.5) is 5.69 Å². The van der Waals surface area contributed by atoms with Crippen molar-refractivity contribution in [1.82, 2.24) is 5.32 Å². The number of amides is 2. The number of hydrogen-bond donors (Lipinski definition) is 1. The number of rotatable bonds is 5. The Morgan fingerprint density at radius 3 is 2.13 bits per heavy atom. The van der Waals surface area contributed by atoms with Gasteiger partial charge in [0.1, 0.15) is 0 Å². The summed E-state index contributed by atoms with van der Waals surface area (Å²) in [5, 5.41) is 2.86. The topological polar surface area (TPSA) is 49.4 Å². The number of para-hydroxylation sites is 1. The van der Waals surface area contributed by atoms with Gasteiger partial charge in [-0.2, -0.15) is 0 Å². The highest BCUT2D eigenvalue weighted by atomic mass is 16.2. The van der Waals surface area contributed by atoms with Gasteiger partial charge >= 0.3 is 0 Å². The Balaban J connectivity index is 2.04. The maximum absolute atomic E-state index is 12.1. The van der Waals surface area contributed by atoms with Gasteiger partial charge in [-0.25, -0.2) is 0 Å². The smallest absolute Gasteiger partial charge is 0.251 e. The quantitative estimate of drug-likeness (QED) is 0.922. The highest BCUT2D eigenvalue weighted by molar-refractivity contribution is 5.95. The summed E-state index contributed by atoms with van der Waals surface area (Å²) in [6.45, 7) is 6.37. The molecular weight excluding hydrogens is 288 g/mol. The number of nitrogens with zero attached hydrogens (tertiary/aromatic N) is 1. The average Bonchev–Trinajstić information content (AvgIpc) is 2.53. The van der Waals surface area contributed by atoms with Crippen molar-refractivity contribution < 1.29 is 9.59 Å². The molecule has 2 rings (SSSR count). The zero-order valence-electron chi connectivity index (χ0n) is 13.8. The molecule has 0 saturated carbocycles. The van der Waals surface area contributed by atoms with Crippen molar-refractivity contribution in [3.63, 3.8) is 0 Å². The molecule has 0 aliphatic heterocycles. The summed E-state index contributed by atoms with van der Waals surface area (Å²) < 4.78 is 0. The Kier molecular flexibility index (Phi) is 5.52. The number of carbonyl (C=O) groups is 2. The van der Waals surface area contributed by atoms with E-state index in [-0.39, 0.29) is 11.8 Å². The molecule has 0 heterocycles. The van der Waals surface area contributed by atoms with E-state index in [1.54, 1.807) is 24.0 Å². The maximum Gasteiger partial charge on any atom is 0.251 e. The highest BCUT2D eigenvalue weighted by Crippen LogP contribution is 2.24. The molecule has 0 radical (unpaired) electrons. The standard InChI is InChI=1S/C19H22N2O2/c1-14-8-7-9-15(2)18(14)21(16(3)22)13-12-20-19(23)17-10-5-4-6-11-17/h4-11H,12-13H2,1-3H3,(H,20,23). The number of carbonyl (C=O) groups excluding carboxylic acids is 2. The lowest BCUT2D eigenvalue weighted by atomic mass is 10.1. The molecule has 0 aromatic heterocycles. The molecule has 0 unspecified atom stereocenters. The zero-order chi connectivity index (χ0) is 16.8. The molecule has 1 N–H and O–H groups in total. The lowest BCUT2D eigenvalue weighted by Crippen LogP contribution is -2.38. The van der Waals surface area contributed by atoms with Crippen LogP contribution in [-0.2, 0) is 4.79 Å². The summed E-state index contributed by atoms with van der Waals surface area (Å²) in [6.07, 6.45) is 0. The van der Waals surface area contributed by atoms with E-state index in [0.29, 0.717) is 18.7 Å². The number of hydrogen-bond acceptors (Lipinski definition) is 2. The predicted octanol–water partition coefficient (Wildman–Crippen LogP) is 3.09. The fourth-order valence-electron chi connectivity index (χ4n) is 2.63. The molecule has 0 aliphatic rings. The van der Waals surface area contributed by atoms with E-state index in [0.717, 1.165) is 16.8 Å². The van der Waals surface area contributed by atoms with Crippen LogP contribution in [0.15, 0.2) is 48.5 Å². The van der Waals surface area contributed by atoms with Gasteiger partial charge < -0.3 is 10.2 Å². The summed E-state index contributed by atoms with van der Waals surface area (Å²) in [7, 11) is 0. The minimum atomic E-state index is -0.129. The van der Waals surface area contributed by atoms with Gasteiger partial charge in [0, 0.05) is 31.3 Å². The summed E-state index contributed by atoms with van der Waals surface area (Å²) in [6, 6.07) is 15.0. The van der Waals surface area contributed by atoms with Crippen LogP contribution in [0, 0.1) is 13.8 Å². The van der Waals surface area contributed by atoms with E-state index >= 15 is 0 Å². The minimum absolute atomic E-state index is 0.0311. The van der Waals surface area contributed by atoms with Crippen molar-refractivity contribution in [2.75, 3.05) is 18.0 Å². The molecule has 0 fully saturated rings. The molecule has 23 heavy (non-hydrogen) atoms. The van der Waals surface area contributed by atoms with Gasteiger partial charge in [0.05, 0.1) is 0 Å². The van der Waals surface area contributed by atoms with Gasteiger partial charge in [-0.3, -0.25) is 9.59 Å². The van der Waals surface area contributed by atoms with Gasteiger partial charge in [0.25, 0.3) is 5.91 Å². The monoisotopic (exact) mass is 310 g/mol. The minimum Gasteiger partial charge on any atom is -0.350 e. The first-order chi connectivity index (χ1) is 11.0. The SMILES string of the molecule is CC(=O)N(CCNC(=O)c1ccccc1)c1c(C)cccc1C.